The molecule has 0 amide bonds. The maximum Gasteiger partial charge on any atom is 0.341 e. The average Bonchev–Trinajstić information content (AvgIpc) is 3.17. The first-order valence-electron chi connectivity index (χ1n) is 8.27. The monoisotopic (exact) mass is 381 g/mol. The van der Waals surface area contributed by atoms with Crippen LogP contribution in [0.25, 0.3) is 16.6 Å². The van der Waals surface area contributed by atoms with Gasteiger partial charge in [0.15, 0.2) is 11.6 Å². The molecule has 6 nitrogen and oxygen atoms in total. The van der Waals surface area contributed by atoms with Gasteiger partial charge in [-0.25, -0.2) is 18.6 Å². The molecule has 2 aromatic carbocycles. The van der Waals surface area contributed by atoms with Gasteiger partial charge in [0.25, 0.3) is 0 Å². The van der Waals surface area contributed by atoms with Crippen molar-refractivity contribution in [2.24, 2.45) is 0 Å². The van der Waals surface area contributed by atoms with Crippen LogP contribution in [-0.2, 0) is 6.54 Å². The minimum Gasteiger partial charge on any atom is -0.477 e. The average molecular weight is 381 g/mol. The molecule has 1 N–H and O–H groups in total. The largest absolute Gasteiger partial charge is 0.477 e. The summed E-state index contributed by atoms with van der Waals surface area (Å²) >= 11 is 0. The Hall–Kier alpha value is -3.81. The minimum absolute atomic E-state index is 0.0799. The number of aromatic nitrogens is 3. The van der Waals surface area contributed by atoms with E-state index in [1.54, 1.807) is 24.7 Å². The third kappa shape index (κ3) is 3.05. The molecule has 0 aliphatic carbocycles. The molecule has 28 heavy (non-hydrogen) atoms. The molecule has 0 saturated heterocycles. The van der Waals surface area contributed by atoms with Crippen molar-refractivity contribution in [2.75, 3.05) is 0 Å². The first-order valence-corrected chi connectivity index (χ1v) is 8.27. The molecule has 8 heteroatoms. The van der Waals surface area contributed by atoms with Gasteiger partial charge in [-0.15, -0.1) is 0 Å². The van der Waals surface area contributed by atoms with Crippen LogP contribution in [0.3, 0.4) is 0 Å². The van der Waals surface area contributed by atoms with E-state index in [2.05, 4.69) is 4.98 Å². The van der Waals surface area contributed by atoms with Gasteiger partial charge in [0.2, 0.25) is 5.43 Å². The Balaban J connectivity index is 1.87. The second-order valence-electron chi connectivity index (χ2n) is 6.23. The number of imidazole rings is 1. The highest BCUT2D eigenvalue weighted by molar-refractivity contribution is 5.93. The zero-order chi connectivity index (χ0) is 19.8. The Morgan fingerprint density at radius 2 is 1.82 bits per heavy atom. The van der Waals surface area contributed by atoms with E-state index in [0.29, 0.717) is 12.2 Å². The van der Waals surface area contributed by atoms with Gasteiger partial charge in [-0.1, -0.05) is 12.1 Å². The van der Waals surface area contributed by atoms with Crippen LogP contribution in [0.2, 0.25) is 0 Å². The Bertz CT molecular complexity index is 1250. The second kappa shape index (κ2) is 6.73. The molecule has 0 atom stereocenters. The number of nitrogens with zero attached hydrogens (tertiary/aromatic N) is 3. The molecule has 4 rings (SSSR count). The van der Waals surface area contributed by atoms with E-state index in [0.717, 1.165) is 23.9 Å². The molecule has 0 radical (unpaired) electrons. The molecule has 0 bridgehead atoms. The van der Waals surface area contributed by atoms with Gasteiger partial charge in [-0.2, -0.15) is 0 Å². The lowest BCUT2D eigenvalue weighted by Crippen LogP contribution is -2.18. The van der Waals surface area contributed by atoms with Crippen LogP contribution in [0.15, 0.2) is 66.1 Å². The number of carboxylic acids is 1. The lowest BCUT2D eigenvalue weighted by Gasteiger charge is -2.13. The van der Waals surface area contributed by atoms with E-state index in [9.17, 15) is 23.5 Å². The Morgan fingerprint density at radius 1 is 1.11 bits per heavy atom. The van der Waals surface area contributed by atoms with Gasteiger partial charge in [-0.3, -0.25) is 4.79 Å². The van der Waals surface area contributed by atoms with Crippen LogP contribution in [-0.4, -0.2) is 25.2 Å². The molecule has 0 spiro atoms. The summed E-state index contributed by atoms with van der Waals surface area (Å²) in [7, 11) is 0. The summed E-state index contributed by atoms with van der Waals surface area (Å²) in [6.07, 6.45) is 6.29. The van der Waals surface area contributed by atoms with Crippen LogP contribution in [0.4, 0.5) is 8.78 Å². The van der Waals surface area contributed by atoms with Crippen LogP contribution >= 0.6 is 0 Å². The van der Waals surface area contributed by atoms with E-state index in [1.807, 2.05) is 22.9 Å². The second-order valence-corrected chi connectivity index (χ2v) is 6.23. The molecule has 4 aromatic rings. The fraction of sp³-hybridized carbons (Fsp3) is 0.0500. The van der Waals surface area contributed by atoms with Gasteiger partial charge in [0.1, 0.15) is 5.56 Å². The zero-order valence-electron chi connectivity index (χ0n) is 14.3. The van der Waals surface area contributed by atoms with E-state index >= 15 is 0 Å². The third-order valence-corrected chi connectivity index (χ3v) is 4.41. The normalized spacial score (nSPS) is 11.1. The highest BCUT2D eigenvalue weighted by Crippen LogP contribution is 2.21. The molecule has 2 heterocycles. The number of pyridine rings is 1. The molecule has 140 valence electrons. The van der Waals surface area contributed by atoms with Gasteiger partial charge >= 0.3 is 5.97 Å². The Labute approximate surface area is 156 Å². The van der Waals surface area contributed by atoms with Crippen molar-refractivity contribution in [3.05, 3.63) is 94.3 Å². The number of rotatable bonds is 4. The summed E-state index contributed by atoms with van der Waals surface area (Å²) in [6, 6.07) is 8.67. The van der Waals surface area contributed by atoms with Crippen LogP contribution in [0.5, 0.6) is 0 Å². The van der Waals surface area contributed by atoms with E-state index in [4.69, 9.17) is 0 Å². The van der Waals surface area contributed by atoms with Crippen LogP contribution < -0.4 is 5.43 Å². The van der Waals surface area contributed by atoms with Gasteiger partial charge in [0.05, 0.1) is 17.2 Å². The number of benzene rings is 2. The fourth-order valence-corrected chi connectivity index (χ4v) is 3.04. The number of fused-ring (bicyclic) bond motifs is 1. The summed E-state index contributed by atoms with van der Waals surface area (Å²) in [6.45, 7) is 0.589. The third-order valence-electron chi connectivity index (χ3n) is 4.41. The number of aromatic carboxylic acids is 1. The molecular formula is C20H13F2N3O3. The smallest absolute Gasteiger partial charge is 0.341 e. The SMILES string of the molecule is O=C(O)c1cn(-c2ccc(Cn3ccnc3)cc2)c2cc(F)c(F)cc2c1=O. The molecule has 0 saturated carbocycles. The van der Waals surface area contributed by atoms with Gasteiger partial charge in [0, 0.05) is 36.9 Å². The topological polar surface area (TPSA) is 77.1 Å². The first kappa shape index (κ1) is 17.6. The highest BCUT2D eigenvalue weighted by atomic mass is 19.2. The lowest BCUT2D eigenvalue weighted by atomic mass is 10.1. The zero-order valence-corrected chi connectivity index (χ0v) is 14.3. The maximum absolute atomic E-state index is 13.8. The number of hydrogen-bond donors (Lipinski definition) is 1. The predicted octanol–water partition coefficient (Wildman–Crippen LogP) is 3.21. The van der Waals surface area contributed by atoms with Crippen molar-refractivity contribution >= 4 is 16.9 Å². The number of carbonyl (C=O) groups is 1. The van der Waals surface area contributed by atoms with E-state index < -0.39 is 28.6 Å². The number of carboxylic acid groups (broad SMARTS) is 1. The van der Waals surface area contributed by atoms with Crippen molar-refractivity contribution in [2.45, 2.75) is 6.54 Å². The maximum atomic E-state index is 13.8. The van der Waals surface area contributed by atoms with Gasteiger partial charge in [-0.05, 0) is 23.8 Å². The molecule has 0 unspecified atom stereocenters. The van der Waals surface area contributed by atoms with Crippen LogP contribution in [0.1, 0.15) is 15.9 Å². The predicted molar refractivity (Wildman–Crippen MR) is 97.7 cm³/mol. The van der Waals surface area contributed by atoms with Crippen molar-refractivity contribution in [3.63, 3.8) is 0 Å². The molecule has 0 aliphatic heterocycles. The lowest BCUT2D eigenvalue weighted by molar-refractivity contribution is 0.0695. The molecule has 2 aromatic heterocycles. The summed E-state index contributed by atoms with van der Waals surface area (Å²) < 4.78 is 30.7. The van der Waals surface area contributed by atoms with Crippen LogP contribution in [0, 0.1) is 11.6 Å². The van der Waals surface area contributed by atoms with Crippen molar-refractivity contribution in [1.82, 2.24) is 14.1 Å². The van der Waals surface area contributed by atoms with E-state index in [-0.39, 0.29) is 10.9 Å². The minimum atomic E-state index is -1.44. The molecule has 0 aliphatic rings. The highest BCUT2D eigenvalue weighted by Gasteiger charge is 2.17. The van der Waals surface area contributed by atoms with Gasteiger partial charge < -0.3 is 14.2 Å². The standard InChI is InChI=1S/C20H13F2N3O3/c21-16-7-14-18(8-17(16)22)25(10-15(19(14)26)20(27)28)13-3-1-12(2-4-13)9-24-6-5-23-11-24/h1-8,10-11H,9H2,(H,27,28). The first-order chi connectivity index (χ1) is 13.4. The van der Waals surface area contributed by atoms with Crippen molar-refractivity contribution in [3.8, 4) is 5.69 Å². The summed E-state index contributed by atoms with van der Waals surface area (Å²) in [4.78, 5) is 27.8. The Kier molecular flexibility index (Phi) is 4.23. The summed E-state index contributed by atoms with van der Waals surface area (Å²) in [5, 5.41) is 9.11. The number of halogens is 2. The summed E-state index contributed by atoms with van der Waals surface area (Å²) in [5.74, 6) is -3.78. The molecular weight excluding hydrogens is 368 g/mol. The van der Waals surface area contributed by atoms with E-state index in [1.165, 1.54) is 4.57 Å². The van der Waals surface area contributed by atoms with Crippen molar-refractivity contribution in [1.29, 1.82) is 0 Å². The fourth-order valence-electron chi connectivity index (χ4n) is 3.04. The molecule has 0 fully saturated rings. The summed E-state index contributed by atoms with van der Waals surface area (Å²) in [5.41, 5.74) is 0.155. The number of hydrogen-bond acceptors (Lipinski definition) is 3. The van der Waals surface area contributed by atoms with Crippen molar-refractivity contribution < 1.29 is 18.7 Å². The quantitative estimate of drug-likeness (QED) is 0.589. The Morgan fingerprint density at radius 3 is 2.46 bits per heavy atom.